The highest BCUT2D eigenvalue weighted by Gasteiger charge is 2.17. The van der Waals surface area contributed by atoms with Gasteiger partial charge in [0.2, 0.25) is 0 Å². The number of amides is 2. The van der Waals surface area contributed by atoms with E-state index < -0.39 is 0 Å². The van der Waals surface area contributed by atoms with Crippen LogP contribution in [0.25, 0.3) is 0 Å². The van der Waals surface area contributed by atoms with E-state index in [0.29, 0.717) is 12.5 Å². The Morgan fingerprint density at radius 1 is 1.24 bits per heavy atom. The lowest BCUT2D eigenvalue weighted by molar-refractivity contribution is 0.192. The highest BCUT2D eigenvalue weighted by molar-refractivity contribution is 5.73. The Kier molecular flexibility index (Phi) is 6.09. The molecule has 0 saturated heterocycles. The molecule has 116 valence electrons. The van der Waals surface area contributed by atoms with Crippen molar-refractivity contribution in [3.63, 3.8) is 0 Å². The van der Waals surface area contributed by atoms with E-state index in [-0.39, 0.29) is 6.03 Å². The summed E-state index contributed by atoms with van der Waals surface area (Å²) < 4.78 is 0. The molecule has 0 bridgehead atoms. The van der Waals surface area contributed by atoms with Crippen LogP contribution in [0.3, 0.4) is 0 Å². The second-order valence-electron chi connectivity index (χ2n) is 6.29. The summed E-state index contributed by atoms with van der Waals surface area (Å²) >= 11 is 0. The Morgan fingerprint density at radius 3 is 2.67 bits per heavy atom. The predicted molar refractivity (Wildman–Crippen MR) is 87.5 cm³/mol. The predicted octanol–water partition coefficient (Wildman–Crippen LogP) is 3.76. The number of nitrogens with zero attached hydrogens (tertiary/aromatic N) is 1. The zero-order valence-corrected chi connectivity index (χ0v) is 13.4. The highest BCUT2D eigenvalue weighted by atomic mass is 16.2. The Morgan fingerprint density at radius 2 is 1.95 bits per heavy atom. The SMILES string of the molecule is Cc1ccccc1CCNC(=O)N(C)CC1CCCCC1. The van der Waals surface area contributed by atoms with E-state index in [1.54, 1.807) is 0 Å². The third-order valence-electron chi connectivity index (χ3n) is 4.54. The fourth-order valence-electron chi connectivity index (χ4n) is 3.17. The molecule has 1 saturated carbocycles. The average molecular weight is 288 g/mol. The molecule has 0 atom stereocenters. The van der Waals surface area contributed by atoms with Gasteiger partial charge in [0.1, 0.15) is 0 Å². The van der Waals surface area contributed by atoms with Gasteiger partial charge in [-0.05, 0) is 43.2 Å². The first-order valence-electron chi connectivity index (χ1n) is 8.20. The lowest BCUT2D eigenvalue weighted by Gasteiger charge is -2.27. The van der Waals surface area contributed by atoms with Crippen LogP contribution < -0.4 is 5.32 Å². The second-order valence-corrected chi connectivity index (χ2v) is 6.29. The Labute approximate surface area is 128 Å². The molecule has 1 fully saturated rings. The lowest BCUT2D eigenvalue weighted by Crippen LogP contribution is -2.41. The zero-order chi connectivity index (χ0) is 15.1. The van der Waals surface area contributed by atoms with Gasteiger partial charge in [-0.3, -0.25) is 0 Å². The molecule has 21 heavy (non-hydrogen) atoms. The van der Waals surface area contributed by atoms with Crippen LogP contribution in [0.5, 0.6) is 0 Å². The van der Waals surface area contributed by atoms with Crippen molar-refractivity contribution in [1.29, 1.82) is 0 Å². The van der Waals surface area contributed by atoms with Crippen molar-refractivity contribution >= 4 is 6.03 Å². The Bertz CT molecular complexity index is 452. The molecular weight excluding hydrogens is 260 g/mol. The molecule has 0 aromatic heterocycles. The van der Waals surface area contributed by atoms with Crippen LogP contribution in [0.15, 0.2) is 24.3 Å². The van der Waals surface area contributed by atoms with Crippen molar-refractivity contribution < 1.29 is 4.79 Å². The van der Waals surface area contributed by atoms with Crippen LogP contribution in [0, 0.1) is 12.8 Å². The van der Waals surface area contributed by atoms with Crippen LogP contribution >= 0.6 is 0 Å². The molecule has 1 aromatic carbocycles. The topological polar surface area (TPSA) is 32.3 Å². The molecule has 2 rings (SSSR count). The smallest absolute Gasteiger partial charge is 0.317 e. The third kappa shape index (κ3) is 5.07. The fraction of sp³-hybridized carbons (Fsp3) is 0.611. The van der Waals surface area contributed by atoms with Crippen LogP contribution in [-0.2, 0) is 6.42 Å². The van der Waals surface area contributed by atoms with Crippen LogP contribution in [0.2, 0.25) is 0 Å². The minimum absolute atomic E-state index is 0.0640. The molecule has 0 unspecified atom stereocenters. The van der Waals surface area contributed by atoms with E-state index in [4.69, 9.17) is 0 Å². The number of rotatable bonds is 5. The number of carbonyl (C=O) groups excluding carboxylic acids is 1. The molecule has 1 aromatic rings. The summed E-state index contributed by atoms with van der Waals surface area (Å²) in [6, 6.07) is 8.42. The standard InChI is InChI=1S/C18H28N2O/c1-15-8-6-7-11-17(15)12-13-19-18(21)20(2)14-16-9-4-3-5-10-16/h6-8,11,16H,3-5,9-10,12-14H2,1-2H3,(H,19,21). The number of urea groups is 1. The number of aryl methyl sites for hydroxylation is 1. The van der Waals surface area contributed by atoms with Crippen molar-refractivity contribution in [3.8, 4) is 0 Å². The normalized spacial score (nSPS) is 15.7. The van der Waals surface area contributed by atoms with Crippen molar-refractivity contribution in [2.75, 3.05) is 20.1 Å². The summed E-state index contributed by atoms with van der Waals surface area (Å²) in [7, 11) is 1.91. The molecule has 1 N–H and O–H groups in total. The molecule has 3 nitrogen and oxygen atoms in total. The summed E-state index contributed by atoms with van der Waals surface area (Å²) in [5, 5.41) is 3.03. The minimum atomic E-state index is 0.0640. The number of hydrogen-bond acceptors (Lipinski definition) is 1. The van der Waals surface area contributed by atoms with Gasteiger partial charge in [0.15, 0.2) is 0 Å². The molecule has 3 heteroatoms. The van der Waals surface area contributed by atoms with E-state index in [0.717, 1.165) is 13.0 Å². The summed E-state index contributed by atoms with van der Waals surface area (Å²) in [4.78, 5) is 14.0. The molecule has 0 spiro atoms. The molecule has 1 aliphatic rings. The third-order valence-corrected chi connectivity index (χ3v) is 4.54. The monoisotopic (exact) mass is 288 g/mol. The van der Waals surface area contributed by atoms with Crippen LogP contribution in [0.1, 0.15) is 43.2 Å². The van der Waals surface area contributed by atoms with E-state index in [1.807, 2.05) is 11.9 Å². The minimum Gasteiger partial charge on any atom is -0.338 e. The van der Waals surface area contributed by atoms with Gasteiger partial charge in [0.05, 0.1) is 0 Å². The van der Waals surface area contributed by atoms with Gasteiger partial charge in [-0.1, -0.05) is 43.5 Å². The van der Waals surface area contributed by atoms with Crippen molar-refractivity contribution in [2.24, 2.45) is 5.92 Å². The second kappa shape index (κ2) is 8.06. The summed E-state index contributed by atoms with van der Waals surface area (Å²) in [6.45, 7) is 3.72. The maximum Gasteiger partial charge on any atom is 0.317 e. The molecule has 2 amide bonds. The maximum absolute atomic E-state index is 12.1. The van der Waals surface area contributed by atoms with E-state index >= 15 is 0 Å². The van der Waals surface area contributed by atoms with Gasteiger partial charge in [-0.25, -0.2) is 4.79 Å². The highest BCUT2D eigenvalue weighted by Crippen LogP contribution is 2.24. The quantitative estimate of drug-likeness (QED) is 0.879. The first kappa shape index (κ1) is 15.9. The van der Waals surface area contributed by atoms with Crippen molar-refractivity contribution in [1.82, 2.24) is 10.2 Å². The summed E-state index contributed by atoms with van der Waals surface area (Å²) in [5.41, 5.74) is 2.61. The molecule has 1 aliphatic carbocycles. The van der Waals surface area contributed by atoms with Gasteiger partial charge in [0.25, 0.3) is 0 Å². The number of carbonyl (C=O) groups is 1. The van der Waals surface area contributed by atoms with E-state index in [1.165, 1.54) is 43.2 Å². The number of nitrogens with one attached hydrogen (secondary N) is 1. The maximum atomic E-state index is 12.1. The molecule has 0 aliphatic heterocycles. The van der Waals surface area contributed by atoms with Gasteiger partial charge >= 0.3 is 6.03 Å². The Balaban J connectivity index is 1.70. The van der Waals surface area contributed by atoms with E-state index in [9.17, 15) is 4.79 Å². The van der Waals surface area contributed by atoms with Crippen LogP contribution in [0.4, 0.5) is 4.79 Å². The van der Waals surface area contributed by atoms with Gasteiger partial charge in [-0.15, -0.1) is 0 Å². The largest absolute Gasteiger partial charge is 0.338 e. The molecular formula is C18H28N2O. The van der Waals surface area contributed by atoms with Crippen molar-refractivity contribution in [3.05, 3.63) is 35.4 Å². The molecule has 0 heterocycles. The van der Waals surface area contributed by atoms with Gasteiger partial charge < -0.3 is 10.2 Å². The average Bonchev–Trinajstić information content (AvgIpc) is 2.50. The molecule has 0 radical (unpaired) electrons. The fourth-order valence-corrected chi connectivity index (χ4v) is 3.17. The van der Waals surface area contributed by atoms with Crippen molar-refractivity contribution in [2.45, 2.75) is 45.4 Å². The summed E-state index contributed by atoms with van der Waals surface area (Å²) in [5.74, 6) is 0.700. The van der Waals surface area contributed by atoms with Gasteiger partial charge in [-0.2, -0.15) is 0 Å². The summed E-state index contributed by atoms with van der Waals surface area (Å²) in [6.07, 6.45) is 7.47. The lowest BCUT2D eigenvalue weighted by atomic mass is 9.89. The number of benzene rings is 1. The van der Waals surface area contributed by atoms with Crippen LogP contribution in [-0.4, -0.2) is 31.1 Å². The van der Waals surface area contributed by atoms with Gasteiger partial charge in [0, 0.05) is 20.1 Å². The first-order valence-corrected chi connectivity index (χ1v) is 8.20. The Hall–Kier alpha value is -1.51. The number of hydrogen-bond donors (Lipinski definition) is 1. The van der Waals surface area contributed by atoms with E-state index in [2.05, 4.69) is 36.5 Å². The zero-order valence-electron chi connectivity index (χ0n) is 13.4. The first-order chi connectivity index (χ1) is 10.2.